The van der Waals surface area contributed by atoms with Gasteiger partial charge in [0.15, 0.2) is 6.10 Å². The smallest absolute Gasteiger partial charge is 0.410 e. The Kier molecular flexibility index (Phi) is 6.20. The number of aromatic nitrogens is 1. The third kappa shape index (κ3) is 4.70. The van der Waals surface area contributed by atoms with E-state index in [9.17, 15) is 14.0 Å². The first-order valence-corrected chi connectivity index (χ1v) is 10.2. The molecule has 0 bridgehead atoms. The van der Waals surface area contributed by atoms with Crippen molar-refractivity contribution >= 4 is 12.0 Å². The molecule has 0 aliphatic carbocycles. The Bertz CT molecular complexity index is 931. The number of amides is 2. The van der Waals surface area contributed by atoms with Gasteiger partial charge in [0, 0.05) is 25.3 Å². The number of carbonyl (C=O) groups excluding carboxylic acids is 2. The number of carbonyl (C=O) groups is 2. The van der Waals surface area contributed by atoms with E-state index in [1.807, 2.05) is 0 Å². The van der Waals surface area contributed by atoms with Gasteiger partial charge in [0.05, 0.1) is 19.2 Å². The molecule has 9 heteroatoms. The summed E-state index contributed by atoms with van der Waals surface area (Å²) in [7, 11) is 1.60. The minimum atomic E-state index is -0.766. The standard InChI is InChI=1S/C22H24FN3O5/c1-29-16-4-6-17(7-5-16)30-14-18-13-26(22(28)31-18)15-8-11-25(12-9-15)21(27)19-3-2-10-24-20(19)23/h2-7,10,15,18H,8-9,11-14H2,1H3. The summed E-state index contributed by atoms with van der Waals surface area (Å²) in [6, 6.07) is 10.1. The van der Waals surface area contributed by atoms with Crippen LogP contribution in [0.25, 0.3) is 0 Å². The van der Waals surface area contributed by atoms with Crippen molar-refractivity contribution in [1.82, 2.24) is 14.8 Å². The summed E-state index contributed by atoms with van der Waals surface area (Å²) in [4.78, 5) is 31.7. The molecule has 0 N–H and O–H groups in total. The van der Waals surface area contributed by atoms with Gasteiger partial charge in [-0.2, -0.15) is 4.39 Å². The number of pyridine rings is 1. The summed E-state index contributed by atoms with van der Waals surface area (Å²) < 4.78 is 30.1. The highest BCUT2D eigenvalue weighted by atomic mass is 19.1. The van der Waals surface area contributed by atoms with Gasteiger partial charge in [-0.1, -0.05) is 0 Å². The fourth-order valence-electron chi connectivity index (χ4n) is 3.88. The maximum atomic E-state index is 13.8. The molecule has 2 saturated heterocycles. The number of nitrogens with zero attached hydrogens (tertiary/aromatic N) is 3. The monoisotopic (exact) mass is 429 g/mol. The van der Waals surface area contributed by atoms with Crippen molar-refractivity contribution in [2.45, 2.75) is 25.0 Å². The molecule has 1 unspecified atom stereocenters. The number of rotatable bonds is 6. The molecular formula is C22H24FN3O5. The second-order valence-electron chi connectivity index (χ2n) is 7.51. The molecular weight excluding hydrogens is 405 g/mol. The van der Waals surface area contributed by atoms with Crippen LogP contribution in [0, 0.1) is 5.95 Å². The highest BCUT2D eigenvalue weighted by Crippen LogP contribution is 2.24. The van der Waals surface area contributed by atoms with E-state index in [-0.39, 0.29) is 36.3 Å². The topological polar surface area (TPSA) is 81.2 Å². The molecule has 1 atom stereocenters. The van der Waals surface area contributed by atoms with Crippen molar-refractivity contribution in [3.63, 3.8) is 0 Å². The first-order valence-electron chi connectivity index (χ1n) is 10.2. The fourth-order valence-corrected chi connectivity index (χ4v) is 3.88. The van der Waals surface area contributed by atoms with Gasteiger partial charge in [0.25, 0.3) is 5.91 Å². The van der Waals surface area contributed by atoms with E-state index in [2.05, 4.69) is 4.98 Å². The lowest BCUT2D eigenvalue weighted by Crippen LogP contribution is -2.47. The Morgan fingerprint density at radius 2 is 1.90 bits per heavy atom. The number of piperidine rings is 1. The molecule has 2 aliphatic heterocycles. The molecule has 1 aromatic heterocycles. The van der Waals surface area contributed by atoms with Gasteiger partial charge in [-0.3, -0.25) is 4.79 Å². The van der Waals surface area contributed by atoms with Crippen LogP contribution in [0.15, 0.2) is 42.6 Å². The third-order valence-corrected chi connectivity index (χ3v) is 5.58. The van der Waals surface area contributed by atoms with Gasteiger partial charge in [-0.05, 0) is 49.2 Å². The highest BCUT2D eigenvalue weighted by Gasteiger charge is 2.38. The molecule has 1 aromatic carbocycles. The van der Waals surface area contributed by atoms with Crippen LogP contribution >= 0.6 is 0 Å². The zero-order chi connectivity index (χ0) is 21.8. The van der Waals surface area contributed by atoms with Gasteiger partial charge in [-0.25, -0.2) is 9.78 Å². The van der Waals surface area contributed by atoms with E-state index in [0.717, 1.165) is 5.75 Å². The molecule has 2 fully saturated rings. The van der Waals surface area contributed by atoms with Crippen molar-refractivity contribution in [2.75, 3.05) is 33.4 Å². The Morgan fingerprint density at radius 3 is 2.58 bits per heavy atom. The van der Waals surface area contributed by atoms with Crippen molar-refractivity contribution in [2.24, 2.45) is 0 Å². The summed E-state index contributed by atoms with van der Waals surface area (Å²) >= 11 is 0. The van der Waals surface area contributed by atoms with Gasteiger partial charge in [0.2, 0.25) is 5.95 Å². The molecule has 4 rings (SSSR count). The van der Waals surface area contributed by atoms with Gasteiger partial charge in [0.1, 0.15) is 18.1 Å². The molecule has 2 amide bonds. The van der Waals surface area contributed by atoms with Crippen molar-refractivity contribution in [1.29, 1.82) is 0 Å². The average Bonchev–Trinajstić information content (AvgIpc) is 3.18. The molecule has 31 heavy (non-hydrogen) atoms. The predicted molar refractivity (Wildman–Crippen MR) is 109 cm³/mol. The van der Waals surface area contributed by atoms with E-state index in [4.69, 9.17) is 14.2 Å². The fraction of sp³-hybridized carbons (Fsp3) is 0.409. The highest BCUT2D eigenvalue weighted by molar-refractivity contribution is 5.94. The number of hydrogen-bond donors (Lipinski definition) is 0. The molecule has 164 valence electrons. The van der Waals surface area contributed by atoms with Gasteiger partial charge >= 0.3 is 6.09 Å². The lowest BCUT2D eigenvalue weighted by Gasteiger charge is -2.35. The molecule has 2 aliphatic rings. The SMILES string of the molecule is COc1ccc(OCC2CN(C3CCN(C(=O)c4cccnc4F)CC3)C(=O)O2)cc1. The summed E-state index contributed by atoms with van der Waals surface area (Å²) in [5, 5.41) is 0. The van der Waals surface area contributed by atoms with Gasteiger partial charge < -0.3 is 24.0 Å². The van der Waals surface area contributed by atoms with E-state index in [1.54, 1.807) is 41.2 Å². The number of hydrogen-bond acceptors (Lipinski definition) is 6. The molecule has 0 radical (unpaired) electrons. The average molecular weight is 429 g/mol. The predicted octanol–water partition coefficient (Wildman–Crippen LogP) is 2.73. The van der Waals surface area contributed by atoms with E-state index in [1.165, 1.54) is 18.3 Å². The number of halogens is 1. The van der Waals surface area contributed by atoms with E-state index >= 15 is 0 Å². The summed E-state index contributed by atoms with van der Waals surface area (Å²) in [5.74, 6) is 0.267. The van der Waals surface area contributed by atoms with Crippen LogP contribution in [0.5, 0.6) is 11.5 Å². The van der Waals surface area contributed by atoms with Crippen molar-refractivity contribution < 1.29 is 28.2 Å². The zero-order valence-electron chi connectivity index (χ0n) is 17.2. The lowest BCUT2D eigenvalue weighted by molar-refractivity contribution is 0.0653. The first kappa shape index (κ1) is 20.9. The van der Waals surface area contributed by atoms with Crippen LogP contribution in [0.4, 0.5) is 9.18 Å². The molecule has 3 heterocycles. The molecule has 8 nitrogen and oxygen atoms in total. The van der Waals surface area contributed by atoms with E-state index in [0.29, 0.717) is 38.2 Å². The maximum absolute atomic E-state index is 13.8. The Labute approximate surface area is 179 Å². The minimum Gasteiger partial charge on any atom is -0.497 e. The van der Waals surface area contributed by atoms with Crippen LogP contribution in [0.1, 0.15) is 23.2 Å². The largest absolute Gasteiger partial charge is 0.497 e. The second-order valence-corrected chi connectivity index (χ2v) is 7.51. The zero-order valence-corrected chi connectivity index (χ0v) is 17.2. The molecule has 2 aromatic rings. The Balaban J connectivity index is 1.27. The van der Waals surface area contributed by atoms with Crippen molar-refractivity contribution in [3.05, 3.63) is 54.1 Å². The number of methoxy groups -OCH3 is 1. The number of likely N-dealkylation sites (tertiary alicyclic amines) is 1. The molecule has 0 saturated carbocycles. The molecule has 0 spiro atoms. The number of cyclic esters (lactones) is 1. The Hall–Kier alpha value is -3.36. The first-order chi connectivity index (χ1) is 15.0. The summed E-state index contributed by atoms with van der Waals surface area (Å²) in [6.45, 7) is 1.57. The normalized spacial score (nSPS) is 19.3. The van der Waals surface area contributed by atoms with Crippen LogP contribution in [-0.2, 0) is 4.74 Å². The van der Waals surface area contributed by atoms with Crippen LogP contribution in [0.2, 0.25) is 0 Å². The third-order valence-electron chi connectivity index (χ3n) is 5.58. The Morgan fingerprint density at radius 1 is 1.19 bits per heavy atom. The van der Waals surface area contributed by atoms with E-state index < -0.39 is 5.95 Å². The summed E-state index contributed by atoms with van der Waals surface area (Å²) in [6.07, 6.45) is 1.79. The summed E-state index contributed by atoms with van der Waals surface area (Å²) in [5.41, 5.74) is -0.0303. The van der Waals surface area contributed by atoms with Crippen molar-refractivity contribution in [3.8, 4) is 11.5 Å². The minimum absolute atomic E-state index is 0.0266. The van der Waals surface area contributed by atoms with Crippen LogP contribution < -0.4 is 9.47 Å². The quantitative estimate of drug-likeness (QED) is 0.657. The van der Waals surface area contributed by atoms with Crippen LogP contribution in [0.3, 0.4) is 0 Å². The number of benzene rings is 1. The maximum Gasteiger partial charge on any atom is 0.410 e. The second kappa shape index (κ2) is 9.20. The van der Waals surface area contributed by atoms with Gasteiger partial charge in [-0.15, -0.1) is 0 Å². The number of ether oxygens (including phenoxy) is 3. The van der Waals surface area contributed by atoms with Crippen LogP contribution in [-0.4, -0.2) is 72.3 Å². The lowest BCUT2D eigenvalue weighted by atomic mass is 10.0.